The lowest BCUT2D eigenvalue weighted by Crippen LogP contribution is -2.06. The molecular formula is C6H14N3O2+. The van der Waals surface area contributed by atoms with Crippen LogP contribution in [-0.4, -0.2) is 23.0 Å². The molecule has 0 rings (SSSR count). The third kappa shape index (κ3) is 9.14. The normalized spacial score (nSPS) is 9.64. The zero-order chi connectivity index (χ0) is 8.53. The molecule has 0 unspecified atom stereocenters. The highest BCUT2D eigenvalue weighted by Crippen LogP contribution is 2.00. The monoisotopic (exact) mass is 160 g/mol. The summed E-state index contributed by atoms with van der Waals surface area (Å²) in [6, 6.07) is 0. The van der Waals surface area contributed by atoms with Gasteiger partial charge in [0.05, 0.1) is 6.54 Å². The molecular weight excluding hydrogens is 146 g/mol. The minimum Gasteiger partial charge on any atom is -0.368 e. The van der Waals surface area contributed by atoms with Crippen LogP contribution >= 0.6 is 0 Å². The maximum absolute atomic E-state index is 8.44. The number of unbranched alkanes of at least 4 members (excludes halogenated alkanes) is 2. The maximum Gasteiger partial charge on any atom is 0.302 e. The second kappa shape index (κ2) is 7.25. The number of nitrogens with zero attached hydrogens (tertiary/aromatic N) is 2. The van der Waals surface area contributed by atoms with E-state index in [1.165, 1.54) is 0 Å². The van der Waals surface area contributed by atoms with Crippen LogP contribution in [0, 0.1) is 5.39 Å². The molecule has 5 nitrogen and oxygen atoms in total. The number of hydrogen-bond donors (Lipinski definition) is 3. The zero-order valence-electron chi connectivity index (χ0n) is 6.40. The van der Waals surface area contributed by atoms with Crippen molar-refractivity contribution in [1.29, 1.82) is 5.39 Å². The molecule has 0 aromatic carbocycles. The van der Waals surface area contributed by atoms with Crippen molar-refractivity contribution in [1.82, 2.24) is 5.43 Å². The Balaban J connectivity index is 2.86. The molecule has 5 heteroatoms. The molecule has 0 aliphatic carbocycles. The number of hydrogen-bond acceptors (Lipinski definition) is 4. The molecule has 0 bridgehead atoms. The Morgan fingerprint density at radius 2 is 2.00 bits per heavy atom. The Kier molecular flexibility index (Phi) is 6.68. The number of aliphatic hydroxyl groups is 2. The van der Waals surface area contributed by atoms with E-state index in [0.717, 1.165) is 19.3 Å². The van der Waals surface area contributed by atoms with Crippen LogP contribution in [0.3, 0.4) is 0 Å². The van der Waals surface area contributed by atoms with Crippen LogP contribution < -0.4 is 5.43 Å². The van der Waals surface area contributed by atoms with Crippen LogP contribution in [-0.2, 0) is 0 Å². The van der Waals surface area contributed by atoms with E-state index in [9.17, 15) is 0 Å². The van der Waals surface area contributed by atoms with Gasteiger partial charge < -0.3 is 10.2 Å². The first kappa shape index (κ1) is 10.1. The van der Waals surface area contributed by atoms with Gasteiger partial charge in [0.1, 0.15) is 0 Å². The van der Waals surface area contributed by atoms with Crippen molar-refractivity contribution >= 4 is 0 Å². The van der Waals surface area contributed by atoms with Crippen LogP contribution in [0.25, 0.3) is 5.08 Å². The van der Waals surface area contributed by atoms with Crippen molar-refractivity contribution in [3.63, 3.8) is 0 Å². The van der Waals surface area contributed by atoms with Crippen LogP contribution in [0.5, 0.6) is 0 Å². The van der Waals surface area contributed by atoms with E-state index >= 15 is 0 Å². The highest BCUT2D eigenvalue weighted by atomic mass is 16.5. The van der Waals surface area contributed by atoms with Gasteiger partial charge in [0.2, 0.25) is 0 Å². The van der Waals surface area contributed by atoms with Crippen molar-refractivity contribution in [2.75, 3.05) is 6.54 Å². The maximum atomic E-state index is 8.44. The van der Waals surface area contributed by atoms with Gasteiger partial charge in [-0.1, -0.05) is 6.42 Å². The van der Waals surface area contributed by atoms with Crippen molar-refractivity contribution in [2.24, 2.45) is 0 Å². The van der Waals surface area contributed by atoms with E-state index in [4.69, 9.17) is 15.6 Å². The van der Waals surface area contributed by atoms with Crippen molar-refractivity contribution < 1.29 is 10.2 Å². The van der Waals surface area contributed by atoms with Gasteiger partial charge in [0.25, 0.3) is 5.39 Å². The SMILES string of the molecule is N#[N+]NCCCCCC(O)O. The Morgan fingerprint density at radius 3 is 2.55 bits per heavy atom. The van der Waals surface area contributed by atoms with Gasteiger partial charge in [-0.25, -0.2) is 0 Å². The largest absolute Gasteiger partial charge is 0.368 e. The average molecular weight is 160 g/mol. The van der Waals surface area contributed by atoms with Gasteiger partial charge in [0, 0.05) is 0 Å². The molecule has 0 amide bonds. The molecule has 0 heterocycles. The van der Waals surface area contributed by atoms with Gasteiger partial charge in [-0.2, -0.15) is 0 Å². The molecule has 64 valence electrons. The topological polar surface area (TPSA) is 80.6 Å². The van der Waals surface area contributed by atoms with Gasteiger partial charge in [-0.3, -0.25) is 0 Å². The fourth-order valence-corrected chi connectivity index (χ4v) is 0.758. The minimum absolute atomic E-state index is 0.413. The molecule has 0 saturated carbocycles. The van der Waals surface area contributed by atoms with Crippen LogP contribution in [0.15, 0.2) is 0 Å². The molecule has 0 radical (unpaired) electrons. The molecule has 0 aliphatic heterocycles. The van der Waals surface area contributed by atoms with Gasteiger partial charge in [-0.15, -0.1) is 0 Å². The highest BCUT2D eigenvalue weighted by Gasteiger charge is 1.97. The molecule has 11 heavy (non-hydrogen) atoms. The Labute approximate surface area is 65.6 Å². The fraction of sp³-hybridized carbons (Fsp3) is 1.00. The van der Waals surface area contributed by atoms with Crippen LogP contribution in [0.2, 0.25) is 0 Å². The molecule has 0 aromatic rings. The summed E-state index contributed by atoms with van der Waals surface area (Å²) < 4.78 is 0. The number of rotatable bonds is 6. The van der Waals surface area contributed by atoms with E-state index in [1.807, 2.05) is 0 Å². The first-order valence-corrected chi connectivity index (χ1v) is 3.70. The summed E-state index contributed by atoms with van der Waals surface area (Å²) in [5.41, 5.74) is 2.39. The molecule has 0 spiro atoms. The second-order valence-electron chi connectivity index (χ2n) is 2.34. The van der Waals surface area contributed by atoms with Crippen LogP contribution in [0.1, 0.15) is 25.7 Å². The Bertz CT molecular complexity index is 121. The summed E-state index contributed by atoms with van der Waals surface area (Å²) in [6.07, 6.45) is 1.78. The van der Waals surface area contributed by atoms with Gasteiger partial charge in [0.15, 0.2) is 6.29 Å². The van der Waals surface area contributed by atoms with Crippen LogP contribution in [0.4, 0.5) is 0 Å². The van der Waals surface area contributed by atoms with Crippen molar-refractivity contribution in [3.05, 3.63) is 5.08 Å². The lowest BCUT2D eigenvalue weighted by molar-refractivity contribution is -0.0465. The summed E-state index contributed by atoms with van der Waals surface area (Å²) in [5, 5.41) is 27.5. The predicted molar refractivity (Wildman–Crippen MR) is 39.8 cm³/mol. The number of nitrogens with one attached hydrogen (secondary N) is 1. The molecule has 0 saturated heterocycles. The van der Waals surface area contributed by atoms with E-state index in [0.29, 0.717) is 13.0 Å². The van der Waals surface area contributed by atoms with Crippen molar-refractivity contribution in [3.8, 4) is 0 Å². The summed E-state index contributed by atoms with van der Waals surface area (Å²) in [5.74, 6) is 0. The smallest absolute Gasteiger partial charge is 0.302 e. The standard InChI is InChI=1S/C6H14N3O2/c7-9-8-5-3-1-2-4-6(10)11/h6,8,10-11H,1-5H2/q+1. The second-order valence-corrected chi connectivity index (χ2v) is 2.34. The third-order valence-corrected chi connectivity index (χ3v) is 1.32. The average Bonchev–Trinajstić information content (AvgIpc) is 1.96. The van der Waals surface area contributed by atoms with Gasteiger partial charge >= 0.3 is 5.08 Å². The van der Waals surface area contributed by atoms with Crippen molar-refractivity contribution in [2.45, 2.75) is 32.0 Å². The highest BCUT2D eigenvalue weighted by molar-refractivity contribution is 4.49. The first-order valence-electron chi connectivity index (χ1n) is 3.70. The molecule has 0 atom stereocenters. The fourth-order valence-electron chi connectivity index (χ4n) is 0.758. The number of aliphatic hydroxyl groups excluding tert-OH is 1. The molecule has 3 N–H and O–H groups in total. The minimum atomic E-state index is -1.19. The van der Waals surface area contributed by atoms with Gasteiger partial charge in [-0.05, 0) is 24.7 Å². The Hall–Kier alpha value is -0.860. The summed E-state index contributed by atoms with van der Waals surface area (Å²) >= 11 is 0. The lowest BCUT2D eigenvalue weighted by atomic mass is 10.2. The summed E-state index contributed by atoms with van der Waals surface area (Å²) in [7, 11) is 0. The molecule has 0 fully saturated rings. The quantitative estimate of drug-likeness (QED) is 0.224. The van der Waals surface area contributed by atoms with E-state index in [1.54, 1.807) is 0 Å². The Morgan fingerprint density at radius 1 is 1.27 bits per heavy atom. The predicted octanol–water partition coefficient (Wildman–Crippen LogP) is 0.215. The van der Waals surface area contributed by atoms with E-state index in [2.05, 4.69) is 10.5 Å². The summed E-state index contributed by atoms with van der Waals surface area (Å²) in [4.78, 5) is 0. The molecule has 0 aromatic heterocycles. The summed E-state index contributed by atoms with van der Waals surface area (Å²) in [6.45, 7) is 0.623. The number of diazo groups is 1. The van der Waals surface area contributed by atoms with E-state index in [-0.39, 0.29) is 0 Å². The third-order valence-electron chi connectivity index (χ3n) is 1.32. The zero-order valence-corrected chi connectivity index (χ0v) is 6.40. The first-order chi connectivity index (χ1) is 5.27. The lowest BCUT2D eigenvalue weighted by Gasteiger charge is -2.00. The molecule has 0 aliphatic rings. The van der Waals surface area contributed by atoms with E-state index < -0.39 is 6.29 Å².